The van der Waals surface area contributed by atoms with Gasteiger partial charge >= 0.3 is 5.97 Å². The van der Waals surface area contributed by atoms with Crippen LogP contribution in [-0.2, 0) is 4.79 Å². The zero-order valence-corrected chi connectivity index (χ0v) is 10.3. The second-order valence-electron chi connectivity index (χ2n) is 4.20. The average molecular weight is 261 g/mol. The summed E-state index contributed by atoms with van der Waals surface area (Å²) in [5.41, 5.74) is 0.576. The van der Waals surface area contributed by atoms with Crippen LogP contribution in [0.3, 0.4) is 0 Å². The molecule has 1 amide bonds. The number of nitrogens with one attached hydrogen (secondary N) is 2. The van der Waals surface area contributed by atoms with Gasteiger partial charge in [-0.15, -0.1) is 0 Å². The third-order valence-electron chi connectivity index (χ3n) is 2.73. The number of anilines is 1. The highest BCUT2D eigenvalue weighted by Gasteiger charge is 2.13. The quantitative estimate of drug-likeness (QED) is 0.760. The lowest BCUT2D eigenvalue weighted by Crippen LogP contribution is -2.35. The molecule has 6 heteroatoms. The number of carboxylic acids is 1. The van der Waals surface area contributed by atoms with E-state index in [9.17, 15) is 9.59 Å². The van der Waals surface area contributed by atoms with Crippen LogP contribution in [0.5, 0.6) is 0 Å². The fraction of sp³-hybridized carbons (Fsp3) is 0.308. The Bertz CT molecular complexity index is 526. The topological polar surface area (TPSA) is 90.8 Å². The normalized spacial score (nSPS) is 14.8. The number of aliphatic imine (C=N–C) groups is 1. The molecular weight excluding hydrogens is 246 g/mol. The minimum absolute atomic E-state index is 0.133. The molecule has 0 spiro atoms. The summed E-state index contributed by atoms with van der Waals surface area (Å²) in [6, 6.07) is 6.11. The molecule has 1 aromatic carbocycles. The van der Waals surface area contributed by atoms with E-state index < -0.39 is 5.97 Å². The number of aromatic carboxylic acids is 1. The summed E-state index contributed by atoms with van der Waals surface area (Å²) < 4.78 is 0. The summed E-state index contributed by atoms with van der Waals surface area (Å²) in [4.78, 5) is 26.9. The molecule has 100 valence electrons. The average Bonchev–Trinajstić information content (AvgIpc) is 2.68. The highest BCUT2D eigenvalue weighted by molar-refractivity contribution is 6.42. The SMILES string of the molecule is O=C(Nc1cccc(C(=O)O)c1)C1=NCCCCN1. The summed E-state index contributed by atoms with van der Waals surface area (Å²) >= 11 is 0. The maximum atomic E-state index is 11.9. The van der Waals surface area contributed by atoms with Crippen molar-refractivity contribution in [2.45, 2.75) is 12.8 Å². The molecule has 0 unspecified atom stereocenters. The second kappa shape index (κ2) is 5.99. The predicted octanol–water partition coefficient (Wildman–Crippen LogP) is 1.11. The van der Waals surface area contributed by atoms with Crippen LogP contribution >= 0.6 is 0 Å². The van der Waals surface area contributed by atoms with E-state index in [0.29, 0.717) is 18.1 Å². The first-order valence-electron chi connectivity index (χ1n) is 6.10. The van der Waals surface area contributed by atoms with Gasteiger partial charge in [-0.1, -0.05) is 6.07 Å². The zero-order chi connectivity index (χ0) is 13.7. The Labute approximate surface area is 110 Å². The minimum Gasteiger partial charge on any atom is -0.478 e. The van der Waals surface area contributed by atoms with Gasteiger partial charge in [0.1, 0.15) is 0 Å². The number of carboxylic acid groups (broad SMARTS) is 1. The van der Waals surface area contributed by atoms with Gasteiger partial charge in [0.2, 0.25) is 0 Å². The molecule has 1 aromatic rings. The number of carbonyl (C=O) groups excluding carboxylic acids is 1. The third-order valence-corrected chi connectivity index (χ3v) is 2.73. The lowest BCUT2D eigenvalue weighted by molar-refractivity contribution is -0.110. The molecule has 1 aliphatic rings. The van der Waals surface area contributed by atoms with Crippen molar-refractivity contribution in [2.75, 3.05) is 18.4 Å². The Morgan fingerprint density at radius 1 is 1.32 bits per heavy atom. The van der Waals surface area contributed by atoms with Crippen LogP contribution in [0, 0.1) is 0 Å². The van der Waals surface area contributed by atoms with Crippen molar-refractivity contribution in [1.82, 2.24) is 5.32 Å². The monoisotopic (exact) mass is 261 g/mol. The Balaban J connectivity index is 2.07. The first kappa shape index (κ1) is 13.1. The van der Waals surface area contributed by atoms with Gasteiger partial charge in [-0.2, -0.15) is 0 Å². The Morgan fingerprint density at radius 2 is 2.16 bits per heavy atom. The van der Waals surface area contributed by atoms with Gasteiger partial charge in [-0.25, -0.2) is 4.79 Å². The first-order valence-corrected chi connectivity index (χ1v) is 6.10. The lowest BCUT2D eigenvalue weighted by Gasteiger charge is -2.08. The minimum atomic E-state index is -1.03. The number of amidine groups is 1. The smallest absolute Gasteiger partial charge is 0.335 e. The third kappa shape index (κ3) is 3.54. The molecule has 1 aliphatic heterocycles. The Morgan fingerprint density at radius 3 is 2.95 bits per heavy atom. The van der Waals surface area contributed by atoms with Crippen molar-refractivity contribution >= 4 is 23.4 Å². The van der Waals surface area contributed by atoms with Crippen LogP contribution in [0.25, 0.3) is 0 Å². The Kier molecular flexibility index (Phi) is 4.12. The van der Waals surface area contributed by atoms with Crippen molar-refractivity contribution in [2.24, 2.45) is 4.99 Å². The number of nitrogens with zero attached hydrogens (tertiary/aromatic N) is 1. The van der Waals surface area contributed by atoms with Gasteiger partial charge in [-0.3, -0.25) is 9.79 Å². The van der Waals surface area contributed by atoms with Crippen LogP contribution in [0.15, 0.2) is 29.3 Å². The summed E-state index contributed by atoms with van der Waals surface area (Å²) in [6.07, 6.45) is 1.94. The van der Waals surface area contributed by atoms with Crippen LogP contribution in [0.4, 0.5) is 5.69 Å². The highest BCUT2D eigenvalue weighted by Crippen LogP contribution is 2.10. The maximum Gasteiger partial charge on any atom is 0.335 e. The van der Waals surface area contributed by atoms with E-state index in [0.717, 1.165) is 19.4 Å². The Hall–Kier alpha value is -2.37. The molecule has 0 saturated carbocycles. The molecule has 0 aliphatic carbocycles. The summed E-state index contributed by atoms with van der Waals surface area (Å²) in [6.45, 7) is 1.35. The molecule has 0 atom stereocenters. The van der Waals surface area contributed by atoms with Gasteiger partial charge < -0.3 is 15.7 Å². The largest absolute Gasteiger partial charge is 0.478 e. The summed E-state index contributed by atoms with van der Waals surface area (Å²) in [5, 5.41) is 14.5. The maximum absolute atomic E-state index is 11.9. The van der Waals surface area contributed by atoms with Crippen molar-refractivity contribution in [3.63, 3.8) is 0 Å². The molecular formula is C13H15N3O3. The van der Waals surface area contributed by atoms with Gasteiger partial charge in [0.05, 0.1) is 5.56 Å². The number of hydrogen-bond donors (Lipinski definition) is 3. The molecule has 0 bridgehead atoms. The van der Waals surface area contributed by atoms with E-state index in [2.05, 4.69) is 15.6 Å². The molecule has 6 nitrogen and oxygen atoms in total. The molecule has 0 saturated heterocycles. The van der Waals surface area contributed by atoms with E-state index in [1.165, 1.54) is 12.1 Å². The second-order valence-corrected chi connectivity index (χ2v) is 4.20. The molecule has 0 fully saturated rings. The van der Waals surface area contributed by atoms with E-state index in [-0.39, 0.29) is 11.5 Å². The molecule has 2 rings (SSSR count). The first-order chi connectivity index (χ1) is 9.16. The fourth-order valence-electron chi connectivity index (χ4n) is 1.76. The molecule has 0 radical (unpaired) electrons. The van der Waals surface area contributed by atoms with Gasteiger partial charge in [0, 0.05) is 18.8 Å². The van der Waals surface area contributed by atoms with Crippen molar-refractivity contribution in [1.29, 1.82) is 0 Å². The van der Waals surface area contributed by atoms with E-state index in [1.807, 2.05) is 0 Å². The number of carbonyl (C=O) groups is 2. The van der Waals surface area contributed by atoms with Crippen molar-refractivity contribution < 1.29 is 14.7 Å². The summed E-state index contributed by atoms with van der Waals surface area (Å²) in [5.74, 6) is -1.07. The number of benzene rings is 1. The highest BCUT2D eigenvalue weighted by atomic mass is 16.4. The van der Waals surface area contributed by atoms with Gasteiger partial charge in [0.25, 0.3) is 5.91 Å². The molecule has 19 heavy (non-hydrogen) atoms. The molecule has 0 aromatic heterocycles. The van der Waals surface area contributed by atoms with Crippen LogP contribution in [0.2, 0.25) is 0 Å². The van der Waals surface area contributed by atoms with Crippen LogP contribution in [0.1, 0.15) is 23.2 Å². The van der Waals surface area contributed by atoms with Gasteiger partial charge in [0.15, 0.2) is 5.84 Å². The lowest BCUT2D eigenvalue weighted by atomic mass is 10.2. The predicted molar refractivity (Wildman–Crippen MR) is 71.6 cm³/mol. The van der Waals surface area contributed by atoms with Gasteiger partial charge in [-0.05, 0) is 31.0 Å². The summed E-state index contributed by atoms with van der Waals surface area (Å²) in [7, 11) is 0. The zero-order valence-electron chi connectivity index (χ0n) is 10.3. The number of rotatable bonds is 3. The fourth-order valence-corrected chi connectivity index (χ4v) is 1.76. The van der Waals surface area contributed by atoms with E-state index >= 15 is 0 Å². The van der Waals surface area contributed by atoms with Crippen LogP contribution < -0.4 is 10.6 Å². The molecule has 3 N–H and O–H groups in total. The standard InChI is InChI=1S/C13H15N3O3/c17-12(11-14-6-1-2-7-15-11)16-10-5-3-4-9(8-10)13(18)19/h3-5,8H,1-2,6-7H2,(H,14,15)(H,16,17)(H,18,19). The van der Waals surface area contributed by atoms with Crippen molar-refractivity contribution in [3.05, 3.63) is 29.8 Å². The molecule has 1 heterocycles. The van der Waals surface area contributed by atoms with E-state index in [1.54, 1.807) is 12.1 Å². The van der Waals surface area contributed by atoms with Crippen molar-refractivity contribution in [3.8, 4) is 0 Å². The number of hydrogen-bond acceptors (Lipinski definition) is 4. The van der Waals surface area contributed by atoms with Crippen LogP contribution in [-0.4, -0.2) is 35.9 Å². The number of amides is 1. The van der Waals surface area contributed by atoms with E-state index in [4.69, 9.17) is 5.11 Å².